The van der Waals surface area contributed by atoms with Crippen molar-refractivity contribution >= 4 is 6.09 Å². The second kappa shape index (κ2) is 3.37. The van der Waals surface area contributed by atoms with Crippen LogP contribution in [0.5, 0.6) is 0 Å². The molecular weight excluding hydrogens is 194 g/mol. The monoisotopic (exact) mass is 213 g/mol. The van der Waals surface area contributed by atoms with Gasteiger partial charge < -0.3 is 14.7 Å². The van der Waals surface area contributed by atoms with Gasteiger partial charge in [0.05, 0.1) is 6.10 Å². The van der Waals surface area contributed by atoms with Crippen molar-refractivity contribution in [2.45, 2.75) is 51.4 Å². The molecular formula is C11H19NO3. The van der Waals surface area contributed by atoms with Gasteiger partial charge in [-0.15, -0.1) is 0 Å². The molecule has 0 aromatic rings. The Labute approximate surface area is 90.2 Å². The highest BCUT2D eigenvalue weighted by atomic mass is 16.6. The Morgan fingerprint density at radius 3 is 2.60 bits per heavy atom. The molecule has 0 radical (unpaired) electrons. The van der Waals surface area contributed by atoms with Gasteiger partial charge in [-0.3, -0.25) is 0 Å². The summed E-state index contributed by atoms with van der Waals surface area (Å²) in [7, 11) is 0. The van der Waals surface area contributed by atoms with E-state index in [2.05, 4.69) is 0 Å². The van der Waals surface area contributed by atoms with Gasteiger partial charge in [-0.1, -0.05) is 0 Å². The number of amides is 1. The number of carbonyl (C=O) groups excluding carboxylic acids is 1. The maximum absolute atomic E-state index is 11.8. The maximum atomic E-state index is 11.8. The number of nitrogens with zero attached hydrogens (tertiary/aromatic N) is 1. The van der Waals surface area contributed by atoms with Crippen LogP contribution in [0.2, 0.25) is 0 Å². The van der Waals surface area contributed by atoms with Crippen LogP contribution in [-0.2, 0) is 4.74 Å². The lowest BCUT2D eigenvalue weighted by Gasteiger charge is -2.40. The number of aliphatic hydroxyl groups excluding tert-OH is 1. The van der Waals surface area contributed by atoms with Crippen molar-refractivity contribution in [2.75, 3.05) is 6.54 Å². The van der Waals surface area contributed by atoms with Gasteiger partial charge in [-0.25, -0.2) is 4.79 Å². The zero-order valence-electron chi connectivity index (χ0n) is 9.56. The quantitative estimate of drug-likeness (QED) is 0.661. The summed E-state index contributed by atoms with van der Waals surface area (Å²) in [6.45, 7) is 6.33. The van der Waals surface area contributed by atoms with E-state index in [4.69, 9.17) is 4.74 Å². The van der Waals surface area contributed by atoms with Crippen molar-refractivity contribution in [2.24, 2.45) is 5.92 Å². The largest absolute Gasteiger partial charge is 0.444 e. The van der Waals surface area contributed by atoms with Crippen LogP contribution >= 0.6 is 0 Å². The third-order valence-corrected chi connectivity index (χ3v) is 3.20. The molecule has 2 rings (SSSR count). The molecule has 15 heavy (non-hydrogen) atoms. The van der Waals surface area contributed by atoms with Crippen LogP contribution in [0, 0.1) is 5.92 Å². The van der Waals surface area contributed by atoms with E-state index in [-0.39, 0.29) is 24.2 Å². The van der Waals surface area contributed by atoms with E-state index >= 15 is 0 Å². The zero-order valence-corrected chi connectivity index (χ0v) is 9.56. The predicted octanol–water partition coefficient (Wildman–Crippen LogP) is 1.38. The van der Waals surface area contributed by atoms with Crippen molar-refractivity contribution in [3.8, 4) is 0 Å². The zero-order chi connectivity index (χ0) is 11.2. The van der Waals surface area contributed by atoms with E-state index in [1.165, 1.54) is 0 Å². The third kappa shape index (κ3) is 1.95. The molecule has 0 unspecified atom stereocenters. The molecule has 3 atom stereocenters. The van der Waals surface area contributed by atoms with Crippen LogP contribution < -0.4 is 0 Å². The summed E-state index contributed by atoms with van der Waals surface area (Å²) in [5, 5.41) is 9.47. The average molecular weight is 213 g/mol. The number of carbonyl (C=O) groups is 1. The third-order valence-electron chi connectivity index (χ3n) is 3.20. The van der Waals surface area contributed by atoms with E-state index in [1.807, 2.05) is 20.8 Å². The summed E-state index contributed by atoms with van der Waals surface area (Å²) in [6, 6.07) is 0.217. The van der Waals surface area contributed by atoms with Crippen molar-refractivity contribution in [1.29, 1.82) is 0 Å². The van der Waals surface area contributed by atoms with Gasteiger partial charge in [0.2, 0.25) is 0 Å². The summed E-state index contributed by atoms with van der Waals surface area (Å²) in [4.78, 5) is 13.5. The second-order valence-electron chi connectivity index (χ2n) is 5.50. The SMILES string of the molecule is CC(C)(C)OC(=O)N1CC[C@@H]2[C@H](O)C[C@@H]21. The maximum Gasteiger partial charge on any atom is 0.410 e. The molecule has 86 valence electrons. The number of hydrogen-bond acceptors (Lipinski definition) is 3. The smallest absolute Gasteiger partial charge is 0.410 e. The summed E-state index contributed by atoms with van der Waals surface area (Å²) in [5.41, 5.74) is -0.433. The molecule has 4 heteroatoms. The molecule has 1 N–H and O–H groups in total. The number of hydrogen-bond donors (Lipinski definition) is 1. The van der Waals surface area contributed by atoms with Gasteiger partial charge in [-0.2, -0.15) is 0 Å². The number of ether oxygens (including phenoxy) is 1. The van der Waals surface area contributed by atoms with Crippen molar-refractivity contribution in [1.82, 2.24) is 4.90 Å². The van der Waals surface area contributed by atoms with Crippen LogP contribution in [0.4, 0.5) is 4.79 Å². The first kappa shape index (κ1) is 10.7. The lowest BCUT2D eigenvalue weighted by atomic mass is 9.77. The topological polar surface area (TPSA) is 49.8 Å². The number of fused-ring (bicyclic) bond motifs is 1. The predicted molar refractivity (Wildman–Crippen MR) is 55.5 cm³/mol. The number of rotatable bonds is 0. The van der Waals surface area contributed by atoms with E-state index in [0.717, 1.165) is 13.0 Å². The van der Waals surface area contributed by atoms with Crippen LogP contribution in [0.3, 0.4) is 0 Å². The Balaban J connectivity index is 1.93. The first-order valence-electron chi connectivity index (χ1n) is 5.56. The Morgan fingerprint density at radius 2 is 2.13 bits per heavy atom. The molecule has 0 aromatic heterocycles. The van der Waals surface area contributed by atoms with Gasteiger partial charge in [0.1, 0.15) is 5.60 Å². The van der Waals surface area contributed by atoms with Crippen molar-refractivity contribution in [3.05, 3.63) is 0 Å². The Kier molecular flexibility index (Phi) is 2.41. The molecule has 1 saturated carbocycles. The molecule has 0 spiro atoms. The van der Waals surface area contributed by atoms with E-state index in [0.29, 0.717) is 6.42 Å². The number of aliphatic hydroxyl groups is 1. The van der Waals surface area contributed by atoms with Gasteiger partial charge in [0.25, 0.3) is 0 Å². The Morgan fingerprint density at radius 1 is 1.47 bits per heavy atom. The molecule has 1 amide bonds. The highest BCUT2D eigenvalue weighted by molar-refractivity contribution is 5.69. The molecule has 2 aliphatic rings. The standard InChI is InChI=1S/C11H19NO3/c1-11(2,3)15-10(14)12-5-4-7-8(12)6-9(7)13/h7-9,13H,4-6H2,1-3H3/t7-,8-,9+/m0/s1. The van der Waals surface area contributed by atoms with Gasteiger partial charge in [-0.05, 0) is 33.6 Å². The first-order chi connectivity index (χ1) is 6.88. The lowest BCUT2D eigenvalue weighted by molar-refractivity contribution is -0.0330. The molecule has 0 aromatic carbocycles. The van der Waals surface area contributed by atoms with Crippen LogP contribution in [0.25, 0.3) is 0 Å². The molecule has 1 heterocycles. The highest BCUT2D eigenvalue weighted by Crippen LogP contribution is 2.41. The minimum Gasteiger partial charge on any atom is -0.444 e. The molecule has 1 aliphatic carbocycles. The summed E-state index contributed by atoms with van der Waals surface area (Å²) >= 11 is 0. The van der Waals surface area contributed by atoms with Crippen molar-refractivity contribution < 1.29 is 14.6 Å². The van der Waals surface area contributed by atoms with Crippen LogP contribution in [0.1, 0.15) is 33.6 Å². The van der Waals surface area contributed by atoms with Crippen LogP contribution in [-0.4, -0.2) is 40.4 Å². The van der Waals surface area contributed by atoms with E-state index in [1.54, 1.807) is 4.90 Å². The van der Waals surface area contributed by atoms with Gasteiger partial charge in [0.15, 0.2) is 0 Å². The van der Waals surface area contributed by atoms with E-state index in [9.17, 15) is 9.90 Å². The van der Waals surface area contributed by atoms with Gasteiger partial charge in [0, 0.05) is 18.5 Å². The summed E-state index contributed by atoms with van der Waals surface area (Å²) < 4.78 is 5.31. The molecule has 1 aliphatic heterocycles. The van der Waals surface area contributed by atoms with Crippen molar-refractivity contribution in [3.63, 3.8) is 0 Å². The number of likely N-dealkylation sites (tertiary alicyclic amines) is 1. The Hall–Kier alpha value is -0.770. The minimum absolute atomic E-state index is 0.206. The fourth-order valence-electron chi connectivity index (χ4n) is 2.40. The fourth-order valence-corrected chi connectivity index (χ4v) is 2.40. The first-order valence-corrected chi connectivity index (χ1v) is 5.56. The van der Waals surface area contributed by atoms with E-state index < -0.39 is 5.60 Å². The second-order valence-corrected chi connectivity index (χ2v) is 5.50. The molecule has 4 nitrogen and oxygen atoms in total. The summed E-state index contributed by atoms with van der Waals surface area (Å²) in [6.07, 6.45) is 1.18. The Bertz CT molecular complexity index is 271. The molecule has 2 fully saturated rings. The van der Waals surface area contributed by atoms with Crippen LogP contribution in [0.15, 0.2) is 0 Å². The van der Waals surface area contributed by atoms with Gasteiger partial charge >= 0.3 is 6.09 Å². The average Bonchev–Trinajstić information content (AvgIpc) is 2.38. The normalized spacial score (nSPS) is 34.7. The molecule has 1 saturated heterocycles. The highest BCUT2D eigenvalue weighted by Gasteiger charge is 2.50. The lowest BCUT2D eigenvalue weighted by Crippen LogP contribution is -2.51. The fraction of sp³-hybridized carbons (Fsp3) is 0.909. The molecule has 0 bridgehead atoms. The summed E-state index contributed by atoms with van der Waals surface area (Å²) in [5.74, 6) is 0.289. The minimum atomic E-state index is -0.433.